The van der Waals surface area contributed by atoms with Gasteiger partial charge in [0.1, 0.15) is 30.2 Å². The van der Waals surface area contributed by atoms with E-state index in [-0.39, 0.29) is 5.56 Å². The molecular formula is C15H17FO8. The first-order valence-electron chi connectivity index (χ1n) is 7.01. The van der Waals surface area contributed by atoms with Crippen LogP contribution in [0.2, 0.25) is 0 Å². The summed E-state index contributed by atoms with van der Waals surface area (Å²) in [6, 6.07) is 5.05. The summed E-state index contributed by atoms with van der Waals surface area (Å²) in [5.41, 5.74) is 0.192. The molecular weight excluding hydrogens is 327 g/mol. The maximum atomic E-state index is 13.2. The molecule has 24 heavy (non-hydrogen) atoms. The summed E-state index contributed by atoms with van der Waals surface area (Å²) in [7, 11) is 0. The van der Waals surface area contributed by atoms with Crippen LogP contribution in [-0.4, -0.2) is 68.8 Å². The van der Waals surface area contributed by atoms with E-state index in [1.165, 1.54) is 18.2 Å². The molecule has 0 amide bonds. The van der Waals surface area contributed by atoms with Crippen molar-refractivity contribution in [3.8, 4) is 0 Å². The lowest BCUT2D eigenvalue weighted by Crippen LogP contribution is -2.59. The van der Waals surface area contributed by atoms with Crippen molar-refractivity contribution in [3.05, 3.63) is 41.4 Å². The minimum Gasteiger partial charge on any atom is -0.475 e. The maximum absolute atomic E-state index is 13.2. The van der Waals surface area contributed by atoms with Crippen molar-refractivity contribution in [1.82, 2.24) is 0 Å². The van der Waals surface area contributed by atoms with Gasteiger partial charge in [0.25, 0.3) is 0 Å². The Morgan fingerprint density at radius 2 is 1.96 bits per heavy atom. The molecule has 0 spiro atoms. The molecule has 1 aliphatic heterocycles. The zero-order valence-electron chi connectivity index (χ0n) is 12.3. The molecule has 0 bridgehead atoms. The fourth-order valence-electron chi connectivity index (χ4n) is 2.18. The zero-order chi connectivity index (χ0) is 17.9. The Labute approximate surface area is 136 Å². The summed E-state index contributed by atoms with van der Waals surface area (Å²) < 4.78 is 23.3. The molecule has 1 aromatic rings. The summed E-state index contributed by atoms with van der Waals surface area (Å²) in [5.74, 6) is -2.78. The van der Waals surface area contributed by atoms with E-state index in [1.807, 2.05) is 0 Å². The molecule has 2 rings (SSSR count). The number of benzene rings is 1. The molecule has 5 N–H and O–H groups in total. The number of carbonyl (C=O) groups is 1. The largest absolute Gasteiger partial charge is 0.475 e. The lowest BCUT2D eigenvalue weighted by atomic mass is 9.99. The van der Waals surface area contributed by atoms with Crippen LogP contribution in [0.5, 0.6) is 0 Å². The van der Waals surface area contributed by atoms with E-state index in [2.05, 4.69) is 0 Å². The normalized spacial score (nSPS) is 30.9. The highest BCUT2D eigenvalue weighted by Crippen LogP contribution is 2.24. The third-order valence-corrected chi connectivity index (χ3v) is 3.45. The molecule has 0 saturated carbocycles. The second-order valence-corrected chi connectivity index (χ2v) is 5.18. The Morgan fingerprint density at radius 1 is 1.25 bits per heavy atom. The number of carboxylic acids is 1. The van der Waals surface area contributed by atoms with Crippen molar-refractivity contribution in [2.75, 3.05) is 6.61 Å². The van der Waals surface area contributed by atoms with Gasteiger partial charge in [-0.25, -0.2) is 9.18 Å². The van der Waals surface area contributed by atoms with Crippen molar-refractivity contribution in [2.24, 2.45) is 0 Å². The number of hydrogen-bond acceptors (Lipinski definition) is 7. The van der Waals surface area contributed by atoms with Crippen LogP contribution < -0.4 is 0 Å². The lowest BCUT2D eigenvalue weighted by Gasteiger charge is -2.39. The number of carboxylic acid groups (broad SMARTS) is 1. The van der Waals surface area contributed by atoms with Gasteiger partial charge in [-0.2, -0.15) is 0 Å². The zero-order valence-corrected chi connectivity index (χ0v) is 12.3. The Balaban J connectivity index is 2.22. The maximum Gasteiger partial charge on any atom is 0.371 e. The van der Waals surface area contributed by atoms with Crippen molar-refractivity contribution in [2.45, 2.75) is 30.7 Å². The Hall–Kier alpha value is -2.04. The van der Waals surface area contributed by atoms with Crippen LogP contribution in [-0.2, 0) is 14.3 Å². The van der Waals surface area contributed by atoms with Crippen molar-refractivity contribution in [3.63, 3.8) is 0 Å². The van der Waals surface area contributed by atoms with Gasteiger partial charge in [0.05, 0.1) is 6.61 Å². The first kappa shape index (κ1) is 18.3. The minimum atomic E-state index is -1.75. The number of aliphatic hydroxyl groups excluding tert-OH is 4. The molecule has 1 aromatic carbocycles. The van der Waals surface area contributed by atoms with E-state index in [9.17, 15) is 29.6 Å². The Morgan fingerprint density at radius 3 is 2.54 bits per heavy atom. The van der Waals surface area contributed by atoms with Gasteiger partial charge in [-0.15, -0.1) is 0 Å². The molecule has 1 saturated heterocycles. The van der Waals surface area contributed by atoms with Crippen molar-refractivity contribution in [1.29, 1.82) is 0 Å². The Kier molecular flexibility index (Phi) is 5.86. The second-order valence-electron chi connectivity index (χ2n) is 5.18. The summed E-state index contributed by atoms with van der Waals surface area (Å²) in [4.78, 5) is 11.3. The predicted molar refractivity (Wildman–Crippen MR) is 76.9 cm³/mol. The van der Waals surface area contributed by atoms with Gasteiger partial charge in [-0.1, -0.05) is 12.1 Å². The number of ether oxygens (including phenoxy) is 2. The average molecular weight is 344 g/mol. The summed E-state index contributed by atoms with van der Waals surface area (Å²) in [6.45, 7) is -0.680. The number of aliphatic carboxylic acids is 1. The lowest BCUT2D eigenvalue weighted by molar-refractivity contribution is -0.291. The van der Waals surface area contributed by atoms with Crippen LogP contribution in [0, 0.1) is 5.82 Å². The highest BCUT2D eigenvalue weighted by molar-refractivity contribution is 5.89. The number of hydrogen-bond donors (Lipinski definition) is 5. The molecule has 1 fully saturated rings. The van der Waals surface area contributed by atoms with Crippen LogP contribution in [0.25, 0.3) is 6.08 Å². The van der Waals surface area contributed by atoms with E-state index in [4.69, 9.17) is 14.6 Å². The van der Waals surface area contributed by atoms with Crippen LogP contribution >= 0.6 is 0 Å². The molecule has 1 heterocycles. The molecule has 1 aliphatic rings. The second kappa shape index (κ2) is 7.69. The highest BCUT2D eigenvalue weighted by Gasteiger charge is 2.45. The van der Waals surface area contributed by atoms with E-state index >= 15 is 0 Å². The number of halogens is 1. The molecule has 0 aliphatic carbocycles. The van der Waals surface area contributed by atoms with Gasteiger partial charge in [-0.05, 0) is 23.8 Å². The fourth-order valence-corrected chi connectivity index (χ4v) is 2.18. The molecule has 132 valence electrons. The van der Waals surface area contributed by atoms with Crippen molar-refractivity contribution < 1.29 is 44.2 Å². The van der Waals surface area contributed by atoms with Gasteiger partial charge >= 0.3 is 5.97 Å². The fraction of sp³-hybridized carbons (Fsp3) is 0.400. The van der Waals surface area contributed by atoms with Crippen LogP contribution in [0.3, 0.4) is 0 Å². The summed E-state index contributed by atoms with van der Waals surface area (Å²) in [6.07, 6.45) is -6.92. The molecule has 0 radical (unpaired) electrons. The number of rotatable bonds is 5. The highest BCUT2D eigenvalue weighted by atomic mass is 19.1. The van der Waals surface area contributed by atoms with E-state index in [0.29, 0.717) is 0 Å². The Bertz CT molecular complexity index is 617. The van der Waals surface area contributed by atoms with E-state index in [1.54, 1.807) is 0 Å². The quantitative estimate of drug-likeness (QED) is 0.341. The molecule has 0 unspecified atom stereocenters. The van der Waals surface area contributed by atoms with Crippen molar-refractivity contribution >= 4 is 12.0 Å². The van der Waals surface area contributed by atoms with E-state index in [0.717, 1.165) is 12.1 Å². The monoisotopic (exact) mass is 344 g/mol. The SMILES string of the molecule is O=C(O)C(=Cc1cccc(F)c1)O[C@H]1O[C@@H](CO)[C@@H](O)[C@@H](O)[C@@H]1O. The summed E-state index contributed by atoms with van der Waals surface area (Å²) in [5, 5.41) is 47.4. The minimum absolute atomic E-state index is 0.192. The van der Waals surface area contributed by atoms with Gasteiger partial charge in [0, 0.05) is 0 Å². The smallest absolute Gasteiger partial charge is 0.371 e. The molecule has 0 aromatic heterocycles. The third-order valence-electron chi connectivity index (χ3n) is 3.45. The molecule has 5 atom stereocenters. The average Bonchev–Trinajstić information content (AvgIpc) is 2.54. The van der Waals surface area contributed by atoms with Crippen LogP contribution in [0.1, 0.15) is 5.56 Å². The standard InChI is InChI=1S/C15H17FO8/c16-8-3-1-2-7(4-8)5-9(14(21)22)23-15-13(20)12(19)11(18)10(6-17)24-15/h1-5,10-13,15,17-20H,6H2,(H,21,22)/t10-,11+,12+,13-,15-/m0/s1. The van der Waals surface area contributed by atoms with E-state index < -0.39 is 54.9 Å². The summed E-state index contributed by atoms with van der Waals surface area (Å²) >= 11 is 0. The van der Waals surface area contributed by atoms with Gasteiger partial charge in [0.2, 0.25) is 12.0 Å². The van der Waals surface area contributed by atoms with Gasteiger partial charge in [0.15, 0.2) is 0 Å². The van der Waals surface area contributed by atoms with Crippen LogP contribution in [0.4, 0.5) is 4.39 Å². The molecule has 9 heteroatoms. The first-order valence-corrected chi connectivity index (χ1v) is 7.01. The van der Waals surface area contributed by atoms with Gasteiger partial charge < -0.3 is 35.0 Å². The first-order chi connectivity index (χ1) is 11.3. The topological polar surface area (TPSA) is 137 Å². The van der Waals surface area contributed by atoms with Crippen LogP contribution in [0.15, 0.2) is 30.0 Å². The predicted octanol–water partition coefficient (Wildman–Crippen LogP) is -0.932. The number of aliphatic hydroxyl groups is 4. The third kappa shape index (κ3) is 4.08. The molecule has 8 nitrogen and oxygen atoms in total. The van der Waals surface area contributed by atoms with Gasteiger partial charge in [-0.3, -0.25) is 0 Å².